The Morgan fingerprint density at radius 3 is 1.73 bits per heavy atom. The molecule has 11 heavy (non-hydrogen) atoms. The first-order valence-corrected chi connectivity index (χ1v) is 4.37. The van der Waals surface area contributed by atoms with Gasteiger partial charge in [-0.3, -0.25) is 0 Å². The predicted octanol–water partition coefficient (Wildman–Crippen LogP) is 2.14. The van der Waals surface area contributed by atoms with E-state index in [0.29, 0.717) is 11.8 Å². The molecule has 1 heterocycles. The van der Waals surface area contributed by atoms with E-state index in [1.165, 1.54) is 6.42 Å². The highest BCUT2D eigenvalue weighted by atomic mass is 16.9. The maximum atomic E-state index is 5.75. The first-order valence-electron chi connectivity index (χ1n) is 4.37. The van der Waals surface area contributed by atoms with Crippen molar-refractivity contribution in [2.24, 2.45) is 11.8 Å². The summed E-state index contributed by atoms with van der Waals surface area (Å²) in [5, 5.41) is 0. The van der Waals surface area contributed by atoms with Crippen molar-refractivity contribution in [3.8, 4) is 0 Å². The largest absolute Gasteiger partial charge is 0.318 e. The van der Waals surface area contributed by atoms with Crippen LogP contribution in [0.25, 0.3) is 0 Å². The Hall–Kier alpha value is -0.0800. The van der Waals surface area contributed by atoms with Crippen molar-refractivity contribution >= 4 is 0 Å². The molecule has 2 nitrogen and oxygen atoms in total. The number of hydrogen-bond acceptors (Lipinski definition) is 2. The SMILES string of the molecule is CC1CC(C)C12OC(C)(C)O2. The van der Waals surface area contributed by atoms with Crippen LogP contribution < -0.4 is 0 Å². The van der Waals surface area contributed by atoms with Crippen molar-refractivity contribution in [1.82, 2.24) is 0 Å². The van der Waals surface area contributed by atoms with E-state index in [2.05, 4.69) is 13.8 Å². The number of rotatable bonds is 0. The van der Waals surface area contributed by atoms with E-state index in [9.17, 15) is 0 Å². The molecule has 0 aromatic carbocycles. The van der Waals surface area contributed by atoms with E-state index in [4.69, 9.17) is 9.47 Å². The molecule has 2 unspecified atom stereocenters. The monoisotopic (exact) mass is 156 g/mol. The lowest BCUT2D eigenvalue weighted by Crippen LogP contribution is -2.71. The molecule has 2 fully saturated rings. The van der Waals surface area contributed by atoms with Crippen LogP contribution in [-0.4, -0.2) is 11.6 Å². The molecular formula is C9H16O2. The average Bonchev–Trinajstić information content (AvgIpc) is 1.83. The summed E-state index contributed by atoms with van der Waals surface area (Å²) in [6, 6.07) is 0. The maximum Gasteiger partial charge on any atom is 0.180 e. The van der Waals surface area contributed by atoms with Gasteiger partial charge in [0, 0.05) is 11.8 Å². The van der Waals surface area contributed by atoms with Crippen LogP contribution in [0.1, 0.15) is 34.1 Å². The standard InChI is InChI=1S/C9H16O2/c1-6-5-7(2)9(6)10-8(3,4)11-9/h6-7H,5H2,1-4H3. The van der Waals surface area contributed by atoms with Crippen LogP contribution >= 0.6 is 0 Å². The van der Waals surface area contributed by atoms with E-state index < -0.39 is 0 Å². The average molecular weight is 156 g/mol. The normalized spacial score (nSPS) is 44.7. The van der Waals surface area contributed by atoms with Crippen molar-refractivity contribution in [3.05, 3.63) is 0 Å². The van der Waals surface area contributed by atoms with Gasteiger partial charge in [0.2, 0.25) is 0 Å². The minimum Gasteiger partial charge on any atom is -0.318 e. The molecular weight excluding hydrogens is 140 g/mol. The zero-order valence-electron chi connectivity index (χ0n) is 7.68. The van der Waals surface area contributed by atoms with E-state index in [-0.39, 0.29) is 11.6 Å². The predicted molar refractivity (Wildman–Crippen MR) is 41.9 cm³/mol. The summed E-state index contributed by atoms with van der Waals surface area (Å²) in [4.78, 5) is 0. The fraction of sp³-hybridized carbons (Fsp3) is 1.00. The van der Waals surface area contributed by atoms with Gasteiger partial charge < -0.3 is 9.47 Å². The van der Waals surface area contributed by atoms with Crippen molar-refractivity contribution in [3.63, 3.8) is 0 Å². The highest BCUT2D eigenvalue weighted by Gasteiger charge is 2.64. The third-order valence-electron chi connectivity index (χ3n) is 2.89. The molecule has 0 radical (unpaired) electrons. The summed E-state index contributed by atoms with van der Waals surface area (Å²) in [6.45, 7) is 8.32. The van der Waals surface area contributed by atoms with Crippen molar-refractivity contribution in [1.29, 1.82) is 0 Å². The fourth-order valence-electron chi connectivity index (χ4n) is 2.36. The Balaban J connectivity index is 2.06. The summed E-state index contributed by atoms with van der Waals surface area (Å²) >= 11 is 0. The zero-order chi connectivity index (χ0) is 8.28. The summed E-state index contributed by atoms with van der Waals surface area (Å²) in [5.41, 5.74) is 0. The van der Waals surface area contributed by atoms with Crippen molar-refractivity contribution in [2.45, 2.75) is 45.7 Å². The van der Waals surface area contributed by atoms with Gasteiger partial charge in [0.1, 0.15) is 0 Å². The third-order valence-corrected chi connectivity index (χ3v) is 2.89. The van der Waals surface area contributed by atoms with Crippen LogP contribution in [0.3, 0.4) is 0 Å². The molecule has 2 heteroatoms. The smallest absolute Gasteiger partial charge is 0.180 e. The molecule has 1 saturated carbocycles. The van der Waals surface area contributed by atoms with Crippen LogP contribution in [0.4, 0.5) is 0 Å². The van der Waals surface area contributed by atoms with E-state index in [1.54, 1.807) is 0 Å². The molecule has 0 N–H and O–H groups in total. The molecule has 2 rings (SSSR count). The molecule has 1 aliphatic carbocycles. The second-order valence-electron chi connectivity index (χ2n) is 4.36. The minimum atomic E-state index is -0.330. The lowest BCUT2D eigenvalue weighted by molar-refractivity contribution is -0.550. The van der Waals surface area contributed by atoms with E-state index in [1.807, 2.05) is 13.8 Å². The van der Waals surface area contributed by atoms with Crippen LogP contribution in [0.2, 0.25) is 0 Å². The molecule has 1 aliphatic heterocycles. The van der Waals surface area contributed by atoms with Gasteiger partial charge in [-0.1, -0.05) is 13.8 Å². The van der Waals surface area contributed by atoms with Crippen LogP contribution in [0.5, 0.6) is 0 Å². The Morgan fingerprint density at radius 1 is 1.09 bits per heavy atom. The topological polar surface area (TPSA) is 18.5 Å². The maximum absolute atomic E-state index is 5.75. The van der Waals surface area contributed by atoms with Crippen LogP contribution in [0, 0.1) is 11.8 Å². The molecule has 1 saturated heterocycles. The third kappa shape index (κ3) is 0.798. The molecule has 0 amide bonds. The van der Waals surface area contributed by atoms with E-state index >= 15 is 0 Å². The Kier molecular flexibility index (Phi) is 1.24. The van der Waals surface area contributed by atoms with Gasteiger partial charge in [0.25, 0.3) is 0 Å². The van der Waals surface area contributed by atoms with Gasteiger partial charge >= 0.3 is 0 Å². The highest BCUT2D eigenvalue weighted by Crippen LogP contribution is 2.57. The number of ether oxygens (including phenoxy) is 2. The van der Waals surface area contributed by atoms with Gasteiger partial charge in [0.05, 0.1) is 0 Å². The first kappa shape index (κ1) is 7.56. The molecule has 0 aromatic rings. The molecule has 0 bridgehead atoms. The molecule has 2 atom stereocenters. The molecule has 1 spiro atoms. The number of hydrogen-bond donors (Lipinski definition) is 0. The highest BCUT2D eigenvalue weighted by molar-refractivity contribution is 5.00. The van der Waals surface area contributed by atoms with E-state index in [0.717, 1.165) is 0 Å². The van der Waals surface area contributed by atoms with Gasteiger partial charge in [-0.05, 0) is 20.3 Å². The lowest BCUT2D eigenvalue weighted by Gasteiger charge is -2.64. The Morgan fingerprint density at radius 2 is 1.55 bits per heavy atom. The van der Waals surface area contributed by atoms with Crippen molar-refractivity contribution in [2.75, 3.05) is 0 Å². The Labute approximate surface area is 67.9 Å². The summed E-state index contributed by atoms with van der Waals surface area (Å²) in [5.74, 6) is 0.614. The second kappa shape index (κ2) is 1.80. The zero-order valence-corrected chi connectivity index (χ0v) is 7.68. The lowest BCUT2D eigenvalue weighted by atomic mass is 9.68. The van der Waals surface area contributed by atoms with Gasteiger partial charge in [-0.25, -0.2) is 0 Å². The summed E-state index contributed by atoms with van der Waals surface area (Å²) in [7, 11) is 0. The summed E-state index contributed by atoms with van der Waals surface area (Å²) in [6.07, 6.45) is 1.23. The fourth-order valence-corrected chi connectivity index (χ4v) is 2.36. The quantitative estimate of drug-likeness (QED) is 0.535. The molecule has 64 valence electrons. The minimum absolute atomic E-state index is 0.205. The van der Waals surface area contributed by atoms with Gasteiger partial charge in [0.15, 0.2) is 11.6 Å². The molecule has 0 aromatic heterocycles. The Bertz CT molecular complexity index is 168. The van der Waals surface area contributed by atoms with Crippen LogP contribution in [0.15, 0.2) is 0 Å². The molecule has 2 aliphatic rings. The summed E-state index contributed by atoms with van der Waals surface area (Å²) < 4.78 is 11.5. The van der Waals surface area contributed by atoms with Crippen LogP contribution in [-0.2, 0) is 9.47 Å². The van der Waals surface area contributed by atoms with Gasteiger partial charge in [-0.15, -0.1) is 0 Å². The second-order valence-corrected chi connectivity index (χ2v) is 4.36. The van der Waals surface area contributed by atoms with Crippen molar-refractivity contribution < 1.29 is 9.47 Å². The first-order chi connectivity index (χ1) is 4.96. The van der Waals surface area contributed by atoms with Gasteiger partial charge in [-0.2, -0.15) is 0 Å².